The van der Waals surface area contributed by atoms with E-state index in [9.17, 15) is 0 Å². The summed E-state index contributed by atoms with van der Waals surface area (Å²) >= 11 is 7.61. The van der Waals surface area contributed by atoms with Gasteiger partial charge in [-0.2, -0.15) is 5.10 Å². The van der Waals surface area contributed by atoms with Gasteiger partial charge in [0.25, 0.3) is 0 Å². The minimum Gasteiger partial charge on any atom is -0.271 e. The van der Waals surface area contributed by atoms with E-state index in [2.05, 4.69) is 20.1 Å². The lowest BCUT2D eigenvalue weighted by Crippen LogP contribution is -2.30. The molecule has 2 heterocycles. The molecule has 0 aliphatic heterocycles. The van der Waals surface area contributed by atoms with Crippen LogP contribution in [-0.4, -0.2) is 19.4 Å². The van der Waals surface area contributed by atoms with Crippen molar-refractivity contribution < 1.29 is 0 Å². The fraction of sp³-hybridized carbons (Fsp3) is 0.500. The van der Waals surface area contributed by atoms with Crippen LogP contribution in [0, 0.1) is 0 Å². The maximum Gasteiger partial charge on any atom is 0.0942 e. The molecule has 18 heavy (non-hydrogen) atoms. The Kier molecular flexibility index (Phi) is 4.28. The summed E-state index contributed by atoms with van der Waals surface area (Å²) in [6.07, 6.45) is 1.44. The molecule has 0 radical (unpaired) electrons. The summed E-state index contributed by atoms with van der Waals surface area (Å²) in [4.78, 5) is 0. The molecule has 0 aromatic carbocycles. The smallest absolute Gasteiger partial charge is 0.0942 e. The molecule has 98 valence electrons. The molecule has 0 amide bonds. The molecule has 0 fully saturated rings. The van der Waals surface area contributed by atoms with Crippen molar-refractivity contribution in [3.8, 4) is 0 Å². The second-order valence-corrected chi connectivity index (χ2v) is 4.93. The molecule has 2 aromatic heterocycles. The number of halogens is 1. The highest BCUT2D eigenvalue weighted by atomic mass is 35.5. The van der Waals surface area contributed by atoms with Gasteiger partial charge in [0.05, 0.1) is 28.1 Å². The largest absolute Gasteiger partial charge is 0.271 e. The Bertz CT molecular complexity index is 509. The Morgan fingerprint density at radius 3 is 2.89 bits per heavy atom. The Balaban J connectivity index is 2.25. The van der Waals surface area contributed by atoms with Crippen LogP contribution in [0.25, 0.3) is 0 Å². The zero-order chi connectivity index (χ0) is 13.1. The van der Waals surface area contributed by atoms with Crippen LogP contribution < -0.4 is 11.3 Å². The maximum atomic E-state index is 6.31. The number of hydrazine groups is 1. The molecule has 1 unspecified atom stereocenters. The Morgan fingerprint density at radius 2 is 2.39 bits per heavy atom. The van der Waals surface area contributed by atoms with Crippen molar-refractivity contribution in [2.45, 2.75) is 25.8 Å². The molecule has 3 N–H and O–H groups in total. The first kappa shape index (κ1) is 13.4. The Morgan fingerprint density at radius 1 is 1.61 bits per heavy atom. The average Bonchev–Trinajstić information content (AvgIpc) is 2.97. The third-order valence-corrected chi connectivity index (χ3v) is 3.79. The Hall–Kier alpha value is -1.02. The van der Waals surface area contributed by atoms with Crippen molar-refractivity contribution in [2.24, 2.45) is 12.9 Å². The van der Waals surface area contributed by atoms with Crippen molar-refractivity contribution in [3.63, 3.8) is 0 Å². The third-order valence-electron chi connectivity index (χ3n) is 2.84. The first-order chi connectivity index (χ1) is 8.67. The first-order valence-electron chi connectivity index (χ1n) is 5.60. The van der Waals surface area contributed by atoms with E-state index in [1.165, 1.54) is 11.5 Å². The number of hydrogen-bond donors (Lipinski definition) is 2. The summed E-state index contributed by atoms with van der Waals surface area (Å²) in [6, 6.07) is -0.110. The maximum absolute atomic E-state index is 6.31. The monoisotopic (exact) mass is 286 g/mol. The summed E-state index contributed by atoms with van der Waals surface area (Å²) in [5.41, 5.74) is 5.41. The Labute approximate surface area is 114 Å². The second kappa shape index (κ2) is 5.75. The van der Waals surface area contributed by atoms with Gasteiger partial charge >= 0.3 is 0 Å². The van der Waals surface area contributed by atoms with Crippen LogP contribution in [0.2, 0.25) is 5.02 Å². The van der Waals surface area contributed by atoms with E-state index in [0.717, 1.165) is 23.5 Å². The zero-order valence-electron chi connectivity index (χ0n) is 10.2. The van der Waals surface area contributed by atoms with Crippen LogP contribution in [0.1, 0.15) is 30.0 Å². The lowest BCUT2D eigenvalue weighted by Gasteiger charge is -2.13. The van der Waals surface area contributed by atoms with Crippen LogP contribution >= 0.6 is 23.1 Å². The van der Waals surface area contributed by atoms with E-state index in [-0.39, 0.29) is 6.04 Å². The number of nitrogens with one attached hydrogen (secondary N) is 1. The van der Waals surface area contributed by atoms with E-state index >= 15 is 0 Å². The van der Waals surface area contributed by atoms with Gasteiger partial charge in [-0.1, -0.05) is 23.0 Å². The molecule has 6 nitrogen and oxygen atoms in total. The van der Waals surface area contributed by atoms with Crippen LogP contribution in [0.15, 0.2) is 5.38 Å². The third kappa shape index (κ3) is 2.54. The number of aryl methyl sites for hydroxylation is 2. The molecular weight excluding hydrogens is 272 g/mol. The van der Waals surface area contributed by atoms with E-state index in [1.54, 1.807) is 4.68 Å². The summed E-state index contributed by atoms with van der Waals surface area (Å²) in [5, 5.41) is 11.0. The van der Waals surface area contributed by atoms with Gasteiger partial charge in [-0.25, -0.2) is 0 Å². The number of nitrogens with two attached hydrogens (primary N) is 1. The van der Waals surface area contributed by atoms with Crippen LogP contribution in [-0.2, 0) is 19.9 Å². The number of hydrogen-bond acceptors (Lipinski definition) is 6. The lowest BCUT2D eigenvalue weighted by atomic mass is 10.1. The summed E-state index contributed by atoms with van der Waals surface area (Å²) < 4.78 is 5.64. The first-order valence-corrected chi connectivity index (χ1v) is 6.82. The van der Waals surface area contributed by atoms with Crippen molar-refractivity contribution in [1.29, 1.82) is 0 Å². The van der Waals surface area contributed by atoms with Crippen molar-refractivity contribution >= 4 is 23.1 Å². The van der Waals surface area contributed by atoms with Gasteiger partial charge in [-0.3, -0.25) is 16.0 Å². The van der Waals surface area contributed by atoms with Gasteiger partial charge < -0.3 is 0 Å². The highest BCUT2D eigenvalue weighted by Crippen LogP contribution is 2.25. The molecular formula is C10H15ClN6S. The average molecular weight is 287 g/mol. The van der Waals surface area contributed by atoms with Crippen LogP contribution in [0.3, 0.4) is 0 Å². The number of aromatic nitrogens is 4. The standard InChI is InChI=1S/C10H15ClN6S/c1-3-6-10(11)9(17(2)15-6)4-7(13-12)8-5-18-16-14-8/h5,7,13H,3-4,12H2,1-2H3. The number of nitrogens with zero attached hydrogens (tertiary/aromatic N) is 4. The van der Waals surface area contributed by atoms with Crippen LogP contribution in [0.5, 0.6) is 0 Å². The van der Waals surface area contributed by atoms with Gasteiger partial charge in [0.1, 0.15) is 0 Å². The molecule has 2 aromatic rings. The fourth-order valence-corrected chi connectivity index (χ4v) is 2.69. The molecule has 2 rings (SSSR count). The zero-order valence-corrected chi connectivity index (χ0v) is 11.8. The van der Waals surface area contributed by atoms with Crippen molar-refractivity contribution in [3.05, 3.63) is 27.5 Å². The summed E-state index contributed by atoms with van der Waals surface area (Å²) in [7, 11) is 1.88. The highest BCUT2D eigenvalue weighted by Gasteiger charge is 2.20. The van der Waals surface area contributed by atoms with Gasteiger partial charge in [0.15, 0.2) is 0 Å². The van der Waals surface area contributed by atoms with E-state index in [1.807, 2.05) is 19.4 Å². The minimum absolute atomic E-state index is 0.110. The van der Waals surface area contributed by atoms with Gasteiger partial charge in [0, 0.05) is 18.8 Å². The van der Waals surface area contributed by atoms with Gasteiger partial charge in [-0.15, -0.1) is 5.10 Å². The summed E-state index contributed by atoms with van der Waals surface area (Å²) in [5.74, 6) is 5.57. The molecule has 0 saturated carbocycles. The van der Waals surface area contributed by atoms with Gasteiger partial charge in [0.2, 0.25) is 0 Å². The number of rotatable bonds is 5. The predicted octanol–water partition coefficient (Wildman–Crippen LogP) is 1.23. The topological polar surface area (TPSA) is 81.7 Å². The van der Waals surface area contributed by atoms with E-state index in [0.29, 0.717) is 11.4 Å². The second-order valence-electron chi connectivity index (χ2n) is 3.94. The van der Waals surface area contributed by atoms with Crippen molar-refractivity contribution in [2.75, 3.05) is 0 Å². The molecule has 0 spiro atoms. The van der Waals surface area contributed by atoms with Crippen molar-refractivity contribution in [1.82, 2.24) is 24.8 Å². The highest BCUT2D eigenvalue weighted by molar-refractivity contribution is 7.03. The quantitative estimate of drug-likeness (QED) is 0.638. The normalized spacial score (nSPS) is 12.9. The molecule has 8 heteroatoms. The van der Waals surface area contributed by atoms with Gasteiger partial charge in [-0.05, 0) is 18.0 Å². The molecule has 0 aliphatic carbocycles. The molecule has 0 bridgehead atoms. The summed E-state index contributed by atoms with van der Waals surface area (Å²) in [6.45, 7) is 2.03. The lowest BCUT2D eigenvalue weighted by molar-refractivity contribution is 0.517. The minimum atomic E-state index is -0.110. The van der Waals surface area contributed by atoms with E-state index < -0.39 is 0 Å². The van der Waals surface area contributed by atoms with Crippen LogP contribution in [0.4, 0.5) is 0 Å². The molecule has 0 saturated heterocycles. The predicted molar refractivity (Wildman–Crippen MR) is 71.3 cm³/mol. The van der Waals surface area contributed by atoms with E-state index in [4.69, 9.17) is 17.4 Å². The fourth-order valence-electron chi connectivity index (χ4n) is 1.81. The molecule has 0 aliphatic rings. The molecule has 1 atom stereocenters. The SMILES string of the molecule is CCc1nn(C)c(CC(NN)c2csnn2)c1Cl.